The summed E-state index contributed by atoms with van der Waals surface area (Å²) < 4.78 is 2.25. The minimum absolute atomic E-state index is 0.0170. The van der Waals surface area contributed by atoms with Gasteiger partial charge >= 0.3 is 0 Å². The maximum atomic E-state index is 13.8. The maximum absolute atomic E-state index is 13.8. The molecule has 35 heavy (non-hydrogen) atoms. The highest BCUT2D eigenvalue weighted by molar-refractivity contribution is 6.06. The van der Waals surface area contributed by atoms with Crippen molar-refractivity contribution in [2.24, 2.45) is 0 Å². The van der Waals surface area contributed by atoms with Gasteiger partial charge in [-0.2, -0.15) is 0 Å². The molecule has 180 valence electrons. The number of para-hydroxylation sites is 2. The quantitative estimate of drug-likeness (QED) is 0.274. The molecule has 5 nitrogen and oxygen atoms in total. The fourth-order valence-electron chi connectivity index (χ4n) is 5.32. The van der Waals surface area contributed by atoms with E-state index in [1.165, 1.54) is 0 Å². The summed E-state index contributed by atoms with van der Waals surface area (Å²) in [6, 6.07) is 17.4. The number of rotatable bonds is 8. The van der Waals surface area contributed by atoms with Gasteiger partial charge < -0.3 is 9.99 Å². The summed E-state index contributed by atoms with van der Waals surface area (Å²) in [7, 11) is 0. The molecule has 0 saturated heterocycles. The van der Waals surface area contributed by atoms with E-state index in [2.05, 4.69) is 35.4 Å². The van der Waals surface area contributed by atoms with Crippen molar-refractivity contribution in [1.82, 2.24) is 9.66 Å². The average Bonchev–Trinajstić information content (AvgIpc) is 2.89. The van der Waals surface area contributed by atoms with Crippen LogP contribution in [0.4, 0.5) is 0 Å². The summed E-state index contributed by atoms with van der Waals surface area (Å²) in [6.07, 6.45) is 4.96. The molecule has 2 heterocycles. The van der Waals surface area contributed by atoms with Crippen LogP contribution in [0.25, 0.3) is 43.6 Å². The van der Waals surface area contributed by atoms with Crippen LogP contribution in [0.5, 0.6) is 0 Å². The van der Waals surface area contributed by atoms with Crippen molar-refractivity contribution in [3.63, 3.8) is 0 Å². The summed E-state index contributed by atoms with van der Waals surface area (Å²) in [4.78, 5) is 31.0. The molecule has 0 fully saturated rings. The van der Waals surface area contributed by atoms with Gasteiger partial charge in [0.2, 0.25) is 0 Å². The number of fused-ring (bicyclic) bond motifs is 4. The largest absolute Gasteiger partial charge is 0.354 e. The molecular formula is C30H33N3O2. The smallest absolute Gasteiger partial charge is 0.197 e. The lowest BCUT2D eigenvalue weighted by molar-refractivity contribution is 0.563. The van der Waals surface area contributed by atoms with Crippen molar-refractivity contribution in [2.75, 3.05) is 18.1 Å². The monoisotopic (exact) mass is 467 g/mol. The van der Waals surface area contributed by atoms with Crippen LogP contribution in [0.3, 0.4) is 0 Å². The zero-order chi connectivity index (χ0) is 24.5. The molecule has 0 amide bonds. The van der Waals surface area contributed by atoms with Crippen LogP contribution in [0.15, 0.2) is 64.2 Å². The molecule has 5 aromatic rings. The van der Waals surface area contributed by atoms with E-state index in [1.807, 2.05) is 54.6 Å². The summed E-state index contributed by atoms with van der Waals surface area (Å²) in [5.41, 5.74) is 4.27. The standard InChI is InChI=1S/C30H33N3O2/c1-4-7-17-32(18-8-5-2)33-26-16-12-10-14-22(26)29(34)23-19-25-27(20(6-3)28(23)33)30(35)21-13-9-11-15-24(21)31-25/h9-16,19H,4-8,17-18H2,1-3H3,(H,31,35). The van der Waals surface area contributed by atoms with Gasteiger partial charge in [0.1, 0.15) is 0 Å². The minimum atomic E-state index is 0.0170. The Morgan fingerprint density at radius 2 is 1.43 bits per heavy atom. The summed E-state index contributed by atoms with van der Waals surface area (Å²) in [5.74, 6) is 0. The number of hydrogen-bond acceptors (Lipinski definition) is 3. The van der Waals surface area contributed by atoms with Gasteiger partial charge in [-0.15, -0.1) is 0 Å². The average molecular weight is 468 g/mol. The Hall–Kier alpha value is -3.60. The first-order valence-corrected chi connectivity index (χ1v) is 12.9. The number of nitrogens with zero attached hydrogens (tertiary/aromatic N) is 2. The molecule has 0 aliphatic rings. The van der Waals surface area contributed by atoms with Gasteiger partial charge in [0.05, 0.1) is 27.3 Å². The van der Waals surface area contributed by atoms with E-state index in [9.17, 15) is 9.59 Å². The first-order chi connectivity index (χ1) is 17.1. The first-order valence-electron chi connectivity index (χ1n) is 12.9. The Morgan fingerprint density at radius 1 is 0.771 bits per heavy atom. The molecule has 5 rings (SSSR count). The summed E-state index contributed by atoms with van der Waals surface area (Å²) >= 11 is 0. The van der Waals surface area contributed by atoms with Gasteiger partial charge in [-0.3, -0.25) is 14.3 Å². The van der Waals surface area contributed by atoms with Gasteiger partial charge in [0, 0.05) is 29.4 Å². The Morgan fingerprint density at radius 3 is 2.11 bits per heavy atom. The van der Waals surface area contributed by atoms with E-state index in [0.717, 1.165) is 66.4 Å². The molecule has 0 bridgehead atoms. The SMILES string of the molecule is CCCCN(CCCC)n1c2ccccc2c(=O)c2cc3[nH]c4ccccc4c(=O)c3c(CC)c21. The van der Waals surface area contributed by atoms with Crippen LogP contribution in [0.2, 0.25) is 0 Å². The zero-order valence-corrected chi connectivity index (χ0v) is 20.9. The molecule has 0 saturated carbocycles. The molecule has 0 aliphatic carbocycles. The molecule has 0 spiro atoms. The van der Waals surface area contributed by atoms with E-state index >= 15 is 0 Å². The van der Waals surface area contributed by atoms with Crippen LogP contribution in [0, 0.1) is 0 Å². The number of unbranched alkanes of at least 4 members (excludes halogenated alkanes) is 2. The number of aryl methyl sites for hydroxylation is 1. The van der Waals surface area contributed by atoms with Gasteiger partial charge in [-0.05, 0) is 55.2 Å². The highest BCUT2D eigenvalue weighted by Crippen LogP contribution is 2.29. The molecule has 0 unspecified atom stereocenters. The highest BCUT2D eigenvalue weighted by atomic mass is 16.1. The third-order valence-electron chi connectivity index (χ3n) is 7.08. The fraction of sp³-hybridized carbons (Fsp3) is 0.333. The van der Waals surface area contributed by atoms with E-state index in [-0.39, 0.29) is 10.9 Å². The van der Waals surface area contributed by atoms with Crippen LogP contribution in [0.1, 0.15) is 52.0 Å². The number of pyridine rings is 2. The number of aromatic nitrogens is 2. The lowest BCUT2D eigenvalue weighted by Crippen LogP contribution is -2.38. The van der Waals surface area contributed by atoms with Crippen molar-refractivity contribution in [3.8, 4) is 0 Å². The molecular weight excluding hydrogens is 434 g/mol. The highest BCUT2D eigenvalue weighted by Gasteiger charge is 2.21. The van der Waals surface area contributed by atoms with Crippen molar-refractivity contribution in [3.05, 3.63) is 80.6 Å². The third-order valence-corrected chi connectivity index (χ3v) is 7.08. The predicted molar refractivity (Wildman–Crippen MR) is 148 cm³/mol. The van der Waals surface area contributed by atoms with E-state index in [0.29, 0.717) is 28.0 Å². The molecule has 0 aliphatic heterocycles. The second-order valence-electron chi connectivity index (χ2n) is 9.35. The van der Waals surface area contributed by atoms with Crippen molar-refractivity contribution < 1.29 is 0 Å². The van der Waals surface area contributed by atoms with Gasteiger partial charge in [0.25, 0.3) is 0 Å². The number of nitrogens with one attached hydrogen (secondary N) is 1. The number of hydrogen-bond donors (Lipinski definition) is 1. The number of aromatic amines is 1. The van der Waals surface area contributed by atoms with Crippen LogP contribution in [-0.4, -0.2) is 22.7 Å². The molecule has 5 heteroatoms. The topological polar surface area (TPSA) is 58.1 Å². The van der Waals surface area contributed by atoms with Crippen LogP contribution in [-0.2, 0) is 6.42 Å². The number of benzene rings is 3. The Labute approximate surface area is 205 Å². The number of H-pyrrole nitrogens is 1. The second-order valence-corrected chi connectivity index (χ2v) is 9.35. The third kappa shape index (κ3) is 3.79. The molecule has 0 radical (unpaired) electrons. The fourth-order valence-corrected chi connectivity index (χ4v) is 5.32. The van der Waals surface area contributed by atoms with Crippen LogP contribution >= 0.6 is 0 Å². The Bertz CT molecular complexity index is 1650. The Balaban J connectivity index is 2.01. The molecule has 2 aromatic heterocycles. The van der Waals surface area contributed by atoms with Gasteiger partial charge in [-0.25, -0.2) is 0 Å². The lowest BCUT2D eigenvalue weighted by Gasteiger charge is -2.31. The molecule has 3 aromatic carbocycles. The van der Waals surface area contributed by atoms with Gasteiger partial charge in [-0.1, -0.05) is 57.9 Å². The predicted octanol–water partition coefficient (Wildman–Crippen LogP) is 6.25. The molecule has 0 atom stereocenters. The van der Waals surface area contributed by atoms with E-state index < -0.39 is 0 Å². The summed E-state index contributed by atoms with van der Waals surface area (Å²) in [6.45, 7) is 8.28. The Kier molecular flexibility index (Phi) is 6.33. The first kappa shape index (κ1) is 23.2. The zero-order valence-electron chi connectivity index (χ0n) is 20.9. The van der Waals surface area contributed by atoms with E-state index in [1.54, 1.807) is 0 Å². The maximum Gasteiger partial charge on any atom is 0.197 e. The lowest BCUT2D eigenvalue weighted by atomic mass is 9.97. The van der Waals surface area contributed by atoms with Crippen LogP contribution < -0.4 is 15.9 Å². The van der Waals surface area contributed by atoms with Gasteiger partial charge in [0.15, 0.2) is 10.9 Å². The van der Waals surface area contributed by atoms with Crippen molar-refractivity contribution >= 4 is 43.6 Å². The normalized spacial score (nSPS) is 11.7. The summed E-state index contributed by atoms with van der Waals surface area (Å²) in [5, 5.41) is 5.13. The van der Waals surface area contributed by atoms with Crippen molar-refractivity contribution in [2.45, 2.75) is 52.9 Å². The van der Waals surface area contributed by atoms with E-state index in [4.69, 9.17) is 0 Å². The molecule has 1 N–H and O–H groups in total. The second kappa shape index (κ2) is 9.57. The van der Waals surface area contributed by atoms with Crippen molar-refractivity contribution in [1.29, 1.82) is 0 Å². The minimum Gasteiger partial charge on any atom is -0.354 e.